The molecule has 4 heterocycles. The first-order chi connectivity index (χ1) is 10.3. The van der Waals surface area contributed by atoms with E-state index < -0.39 is 5.82 Å². The summed E-state index contributed by atoms with van der Waals surface area (Å²) in [7, 11) is 0. The molecule has 0 fully saturated rings. The first-order valence-electron chi connectivity index (χ1n) is 6.17. The minimum absolute atomic E-state index is 0.225. The molecular weight excluding hydrogens is 273 g/mol. The highest BCUT2D eigenvalue weighted by Crippen LogP contribution is 2.22. The lowest BCUT2D eigenvalue weighted by atomic mass is 10.2. The standard InChI is InChI=1S/C14H8FN5O/c15-11-5-10(6-16-7-11)14-18-13(19-21-14)9-1-2-12-17-3-4-20(12)8-9/h1-8H. The predicted molar refractivity (Wildman–Crippen MR) is 71.7 cm³/mol. The van der Waals surface area contributed by atoms with Crippen LogP contribution in [0.25, 0.3) is 28.5 Å². The molecule has 4 rings (SSSR count). The van der Waals surface area contributed by atoms with E-state index in [-0.39, 0.29) is 5.89 Å². The van der Waals surface area contributed by atoms with E-state index in [4.69, 9.17) is 4.52 Å². The number of hydrogen-bond donors (Lipinski definition) is 0. The minimum atomic E-state index is -0.452. The van der Waals surface area contributed by atoms with Crippen molar-refractivity contribution in [1.29, 1.82) is 0 Å². The molecule has 0 radical (unpaired) electrons. The van der Waals surface area contributed by atoms with E-state index in [2.05, 4.69) is 20.1 Å². The average Bonchev–Trinajstić information content (AvgIpc) is 3.15. The predicted octanol–water partition coefficient (Wildman–Crippen LogP) is 2.59. The minimum Gasteiger partial charge on any atom is -0.334 e. The van der Waals surface area contributed by atoms with Gasteiger partial charge in [-0.15, -0.1) is 0 Å². The lowest BCUT2D eigenvalue weighted by Crippen LogP contribution is -1.87. The Labute approximate surface area is 117 Å². The van der Waals surface area contributed by atoms with E-state index in [1.165, 1.54) is 12.3 Å². The van der Waals surface area contributed by atoms with E-state index in [1.807, 2.05) is 28.9 Å². The van der Waals surface area contributed by atoms with E-state index in [0.29, 0.717) is 11.4 Å². The Morgan fingerprint density at radius 1 is 1.14 bits per heavy atom. The summed E-state index contributed by atoms with van der Waals surface area (Å²) in [5.41, 5.74) is 2.05. The zero-order valence-corrected chi connectivity index (χ0v) is 10.6. The summed E-state index contributed by atoms with van der Waals surface area (Å²) >= 11 is 0. The van der Waals surface area contributed by atoms with Crippen molar-refractivity contribution in [2.24, 2.45) is 0 Å². The highest BCUT2D eigenvalue weighted by molar-refractivity contribution is 5.60. The summed E-state index contributed by atoms with van der Waals surface area (Å²) in [6.07, 6.45) is 7.98. The normalized spacial score (nSPS) is 11.1. The molecule has 0 aliphatic carbocycles. The molecule has 6 nitrogen and oxygen atoms in total. The third-order valence-corrected chi connectivity index (χ3v) is 3.02. The van der Waals surface area contributed by atoms with Gasteiger partial charge >= 0.3 is 0 Å². The van der Waals surface area contributed by atoms with Gasteiger partial charge in [0.05, 0.1) is 11.8 Å². The van der Waals surface area contributed by atoms with Crippen LogP contribution in [0.5, 0.6) is 0 Å². The van der Waals surface area contributed by atoms with Crippen molar-refractivity contribution in [3.63, 3.8) is 0 Å². The maximum Gasteiger partial charge on any atom is 0.259 e. The van der Waals surface area contributed by atoms with Gasteiger partial charge in [0.1, 0.15) is 11.5 Å². The summed E-state index contributed by atoms with van der Waals surface area (Å²) < 4.78 is 20.2. The van der Waals surface area contributed by atoms with Crippen molar-refractivity contribution in [1.82, 2.24) is 24.5 Å². The number of nitrogens with zero attached hydrogens (tertiary/aromatic N) is 5. The van der Waals surface area contributed by atoms with Crippen LogP contribution in [0.15, 0.2) is 53.7 Å². The van der Waals surface area contributed by atoms with E-state index >= 15 is 0 Å². The molecular formula is C14H8FN5O. The van der Waals surface area contributed by atoms with Crippen LogP contribution in [0.4, 0.5) is 4.39 Å². The van der Waals surface area contributed by atoms with E-state index in [9.17, 15) is 4.39 Å². The highest BCUT2D eigenvalue weighted by atomic mass is 19.1. The molecule has 4 aromatic rings. The van der Waals surface area contributed by atoms with Crippen LogP contribution in [-0.2, 0) is 0 Å². The first kappa shape index (κ1) is 11.7. The second-order valence-electron chi connectivity index (χ2n) is 4.43. The van der Waals surface area contributed by atoms with E-state index in [0.717, 1.165) is 17.4 Å². The molecule has 0 N–H and O–H groups in total. The fraction of sp³-hybridized carbons (Fsp3) is 0. The molecule has 0 saturated heterocycles. The summed E-state index contributed by atoms with van der Waals surface area (Å²) in [6, 6.07) is 5.00. The Kier molecular flexibility index (Phi) is 2.50. The number of imidazole rings is 1. The van der Waals surface area contributed by atoms with Gasteiger partial charge in [-0.1, -0.05) is 5.16 Å². The Balaban J connectivity index is 1.76. The van der Waals surface area contributed by atoms with Gasteiger partial charge in [0.25, 0.3) is 5.89 Å². The molecule has 0 amide bonds. The van der Waals surface area contributed by atoms with Crippen LogP contribution in [-0.4, -0.2) is 24.5 Å². The smallest absolute Gasteiger partial charge is 0.259 e. The van der Waals surface area contributed by atoms with Gasteiger partial charge in [-0.25, -0.2) is 9.37 Å². The van der Waals surface area contributed by atoms with Gasteiger partial charge in [0.15, 0.2) is 0 Å². The average molecular weight is 281 g/mol. The molecule has 21 heavy (non-hydrogen) atoms. The molecule has 0 unspecified atom stereocenters. The molecule has 0 aliphatic rings. The second kappa shape index (κ2) is 4.48. The molecule has 0 atom stereocenters. The van der Waals surface area contributed by atoms with Crippen molar-refractivity contribution >= 4 is 5.65 Å². The van der Waals surface area contributed by atoms with Crippen molar-refractivity contribution in [3.8, 4) is 22.8 Å². The van der Waals surface area contributed by atoms with Gasteiger partial charge < -0.3 is 8.92 Å². The van der Waals surface area contributed by atoms with Crippen molar-refractivity contribution in [2.45, 2.75) is 0 Å². The van der Waals surface area contributed by atoms with Crippen molar-refractivity contribution in [3.05, 3.63) is 55.0 Å². The molecule has 7 heteroatoms. The number of pyridine rings is 2. The number of rotatable bonds is 2. The highest BCUT2D eigenvalue weighted by Gasteiger charge is 2.12. The Morgan fingerprint density at radius 3 is 3.00 bits per heavy atom. The maximum atomic E-state index is 13.2. The van der Waals surface area contributed by atoms with Crippen molar-refractivity contribution < 1.29 is 8.91 Å². The quantitative estimate of drug-likeness (QED) is 0.565. The van der Waals surface area contributed by atoms with Crippen LogP contribution >= 0.6 is 0 Å². The van der Waals surface area contributed by atoms with Gasteiger partial charge in [-0.2, -0.15) is 4.98 Å². The van der Waals surface area contributed by atoms with Crippen LogP contribution in [0.3, 0.4) is 0 Å². The van der Waals surface area contributed by atoms with Crippen molar-refractivity contribution in [2.75, 3.05) is 0 Å². The van der Waals surface area contributed by atoms with Crippen LogP contribution < -0.4 is 0 Å². The molecule has 102 valence electrons. The summed E-state index contributed by atoms with van der Waals surface area (Å²) in [5.74, 6) is 0.194. The molecule has 0 spiro atoms. The number of hydrogen-bond acceptors (Lipinski definition) is 5. The third kappa shape index (κ3) is 2.04. The lowest BCUT2D eigenvalue weighted by molar-refractivity contribution is 0.432. The van der Waals surface area contributed by atoms with Crippen LogP contribution in [0.2, 0.25) is 0 Å². The second-order valence-corrected chi connectivity index (χ2v) is 4.43. The molecule has 0 bridgehead atoms. The zero-order valence-electron chi connectivity index (χ0n) is 10.6. The fourth-order valence-corrected chi connectivity index (χ4v) is 2.04. The summed E-state index contributed by atoms with van der Waals surface area (Å²) in [4.78, 5) is 12.2. The topological polar surface area (TPSA) is 69.1 Å². The van der Waals surface area contributed by atoms with E-state index in [1.54, 1.807) is 6.20 Å². The zero-order chi connectivity index (χ0) is 14.2. The fourth-order valence-electron chi connectivity index (χ4n) is 2.04. The molecule has 0 saturated carbocycles. The van der Waals surface area contributed by atoms with Gasteiger partial charge in [0.2, 0.25) is 5.82 Å². The molecule has 0 aliphatic heterocycles. The maximum absolute atomic E-state index is 13.2. The monoisotopic (exact) mass is 281 g/mol. The van der Waals surface area contributed by atoms with Gasteiger partial charge in [-0.05, 0) is 18.2 Å². The van der Waals surface area contributed by atoms with Crippen LogP contribution in [0.1, 0.15) is 0 Å². The largest absolute Gasteiger partial charge is 0.334 e. The van der Waals surface area contributed by atoms with Gasteiger partial charge in [-0.3, -0.25) is 4.98 Å². The molecule has 0 aromatic carbocycles. The summed E-state index contributed by atoms with van der Waals surface area (Å²) in [6.45, 7) is 0. The summed E-state index contributed by atoms with van der Waals surface area (Å²) in [5, 5.41) is 3.91. The Morgan fingerprint density at radius 2 is 2.10 bits per heavy atom. The van der Waals surface area contributed by atoms with Crippen LogP contribution in [0, 0.1) is 5.82 Å². The molecule has 4 aromatic heterocycles. The number of halogens is 1. The number of aromatic nitrogens is 5. The lowest BCUT2D eigenvalue weighted by Gasteiger charge is -1.96. The third-order valence-electron chi connectivity index (χ3n) is 3.02. The first-order valence-corrected chi connectivity index (χ1v) is 6.17. The Hall–Kier alpha value is -3.09. The number of fused-ring (bicyclic) bond motifs is 1. The SMILES string of the molecule is Fc1cncc(-c2nc(-c3ccc4nccn4c3)no2)c1. The Bertz CT molecular complexity index is 930. The van der Waals surface area contributed by atoms with Gasteiger partial charge in [0, 0.05) is 30.4 Å².